The molecule has 0 saturated heterocycles. The van der Waals surface area contributed by atoms with Crippen LogP contribution in [-0.4, -0.2) is 47.5 Å². The van der Waals surface area contributed by atoms with Crippen molar-refractivity contribution in [3.05, 3.63) is 104 Å². The minimum atomic E-state index is -1.10. The van der Waals surface area contributed by atoms with Crippen LogP contribution in [0.4, 0.5) is 0 Å². The molecular formula is C31H32N6O3S. The van der Waals surface area contributed by atoms with Crippen LogP contribution in [0.2, 0.25) is 0 Å². The number of aryl methyl sites for hydroxylation is 1. The second-order valence-corrected chi connectivity index (χ2v) is 11.0. The zero-order chi connectivity index (χ0) is 28.5. The van der Waals surface area contributed by atoms with E-state index >= 15 is 0 Å². The summed E-state index contributed by atoms with van der Waals surface area (Å²) >= 11 is 1.54. The lowest BCUT2D eigenvalue weighted by Gasteiger charge is -2.28. The summed E-state index contributed by atoms with van der Waals surface area (Å²) in [7, 11) is 0. The summed E-state index contributed by atoms with van der Waals surface area (Å²) in [6, 6.07) is 18.2. The van der Waals surface area contributed by atoms with E-state index in [0.29, 0.717) is 18.0 Å². The van der Waals surface area contributed by atoms with Gasteiger partial charge in [-0.15, -0.1) is 0 Å². The number of amidine groups is 1. The van der Waals surface area contributed by atoms with Gasteiger partial charge in [-0.1, -0.05) is 74.0 Å². The molecule has 0 spiro atoms. The van der Waals surface area contributed by atoms with Gasteiger partial charge in [0.1, 0.15) is 6.33 Å². The van der Waals surface area contributed by atoms with E-state index in [2.05, 4.69) is 53.4 Å². The molecule has 2 atom stereocenters. The van der Waals surface area contributed by atoms with Gasteiger partial charge in [-0.2, -0.15) is 21.4 Å². The molecule has 1 N–H and O–H groups in total. The summed E-state index contributed by atoms with van der Waals surface area (Å²) in [5.41, 5.74) is 6.25. The Morgan fingerprint density at radius 1 is 1.07 bits per heavy atom. The highest BCUT2D eigenvalue weighted by Gasteiger charge is 2.33. The lowest BCUT2D eigenvalue weighted by Crippen LogP contribution is -2.42. The molecule has 0 aliphatic carbocycles. The fraction of sp³-hybridized carbons (Fsp3) is 0.290. The molecule has 5 aromatic rings. The molecule has 10 heteroatoms. The van der Waals surface area contributed by atoms with Gasteiger partial charge in [-0.25, -0.2) is 9.08 Å². The van der Waals surface area contributed by atoms with Crippen LogP contribution in [0.5, 0.6) is 0 Å². The molecule has 4 heterocycles. The van der Waals surface area contributed by atoms with Crippen LogP contribution in [0.3, 0.4) is 0 Å². The molecular weight excluding hydrogens is 536 g/mol. The quantitative estimate of drug-likeness (QED) is 0.262. The predicted molar refractivity (Wildman–Crippen MR) is 160 cm³/mol. The summed E-state index contributed by atoms with van der Waals surface area (Å²) in [4.78, 5) is 25.4. The van der Waals surface area contributed by atoms with E-state index in [1.807, 2.05) is 52.5 Å². The van der Waals surface area contributed by atoms with Gasteiger partial charge in [0.25, 0.3) is 5.56 Å². The van der Waals surface area contributed by atoms with E-state index in [0.717, 1.165) is 58.5 Å². The van der Waals surface area contributed by atoms with Crippen molar-refractivity contribution in [1.29, 1.82) is 0 Å². The van der Waals surface area contributed by atoms with Crippen molar-refractivity contribution in [3.8, 4) is 16.8 Å². The van der Waals surface area contributed by atoms with Gasteiger partial charge in [0, 0.05) is 29.0 Å². The number of fused-ring (bicyclic) bond motifs is 1. The molecule has 0 saturated carbocycles. The van der Waals surface area contributed by atoms with Crippen molar-refractivity contribution in [3.63, 3.8) is 0 Å². The highest BCUT2D eigenvalue weighted by Crippen LogP contribution is 2.30. The van der Waals surface area contributed by atoms with Gasteiger partial charge >= 0.3 is 6.41 Å². The van der Waals surface area contributed by atoms with Gasteiger partial charge in [0.2, 0.25) is 5.78 Å². The van der Waals surface area contributed by atoms with Crippen LogP contribution < -0.4 is 5.56 Å². The van der Waals surface area contributed by atoms with Crippen molar-refractivity contribution in [2.75, 3.05) is 0 Å². The minimum absolute atomic E-state index is 0.0550. The van der Waals surface area contributed by atoms with Crippen LogP contribution in [0.15, 0.2) is 81.6 Å². The molecule has 3 aromatic heterocycles. The molecule has 1 aliphatic rings. The smallest absolute Gasteiger partial charge is 0.307 e. The number of nitrogens with zero attached hydrogens (tertiary/aromatic N) is 6. The summed E-state index contributed by atoms with van der Waals surface area (Å²) in [6.45, 7) is 6.21. The first-order chi connectivity index (χ1) is 20.0. The Morgan fingerprint density at radius 2 is 1.85 bits per heavy atom. The fourth-order valence-electron chi connectivity index (χ4n) is 5.39. The predicted octanol–water partition coefficient (Wildman–Crippen LogP) is 5.22. The standard InChI is InChI=1S/C31H32N6O3S/c1-4-8-27-26(29(38)36(23-15-16-41-18-23)30-32-19-33-37(27)30)17-21-11-13-22(14-12-21)24-9-6-7-10-25(24)28-34-40-31(39)35(28)20(3)5-2/h6-7,9-16,18-20,31,39H,4-5,8,17H2,1-3H3. The van der Waals surface area contributed by atoms with E-state index in [4.69, 9.17) is 4.84 Å². The number of aliphatic hydroxyl groups is 1. The van der Waals surface area contributed by atoms with Gasteiger partial charge in [0.15, 0.2) is 5.84 Å². The third-order valence-electron chi connectivity index (χ3n) is 7.64. The Hall–Kier alpha value is -4.28. The van der Waals surface area contributed by atoms with Crippen LogP contribution in [0.25, 0.3) is 22.6 Å². The largest absolute Gasteiger partial charge is 0.340 e. The molecule has 0 amide bonds. The first kappa shape index (κ1) is 26.9. The zero-order valence-corrected chi connectivity index (χ0v) is 24.1. The van der Waals surface area contributed by atoms with E-state index in [1.54, 1.807) is 20.8 Å². The maximum atomic E-state index is 13.9. The Bertz CT molecular complexity index is 1760. The average molecular weight is 569 g/mol. The van der Waals surface area contributed by atoms with Crippen LogP contribution in [0, 0.1) is 0 Å². The van der Waals surface area contributed by atoms with Gasteiger partial charge in [0.05, 0.1) is 11.4 Å². The lowest BCUT2D eigenvalue weighted by molar-refractivity contribution is -0.154. The van der Waals surface area contributed by atoms with Gasteiger partial charge in [-0.3, -0.25) is 9.69 Å². The molecule has 0 radical (unpaired) electrons. The van der Waals surface area contributed by atoms with Gasteiger partial charge in [-0.05, 0) is 47.9 Å². The minimum Gasteiger partial charge on any atom is -0.340 e. The van der Waals surface area contributed by atoms with E-state index in [1.165, 1.54) is 6.33 Å². The number of benzene rings is 2. The van der Waals surface area contributed by atoms with Gasteiger partial charge < -0.3 is 9.94 Å². The lowest BCUT2D eigenvalue weighted by atomic mass is 9.95. The number of aliphatic hydroxyl groups excluding tert-OH is 1. The average Bonchev–Trinajstić information content (AvgIpc) is 3.77. The number of aromatic nitrogens is 4. The highest BCUT2D eigenvalue weighted by molar-refractivity contribution is 7.08. The third kappa shape index (κ3) is 4.83. The van der Waals surface area contributed by atoms with Crippen molar-refractivity contribution in [1.82, 2.24) is 24.1 Å². The second-order valence-electron chi connectivity index (χ2n) is 10.2. The van der Waals surface area contributed by atoms with Crippen molar-refractivity contribution < 1.29 is 9.94 Å². The SMILES string of the molecule is CCCc1c(Cc2ccc(-c3ccccc3C3=NOC(O)N3C(C)CC)cc2)c(=O)n(-c2ccsc2)c2ncnn12. The number of hydrogen-bond acceptors (Lipinski definition) is 8. The molecule has 0 fully saturated rings. The molecule has 2 unspecified atom stereocenters. The molecule has 41 heavy (non-hydrogen) atoms. The first-order valence-corrected chi connectivity index (χ1v) is 14.8. The third-order valence-corrected chi connectivity index (χ3v) is 8.31. The van der Waals surface area contributed by atoms with Crippen LogP contribution in [0.1, 0.15) is 56.0 Å². The maximum Gasteiger partial charge on any atom is 0.307 e. The van der Waals surface area contributed by atoms with E-state index in [-0.39, 0.29) is 11.6 Å². The van der Waals surface area contributed by atoms with E-state index in [9.17, 15) is 9.90 Å². The summed E-state index contributed by atoms with van der Waals surface area (Å²) in [5, 5.41) is 23.0. The number of hydrogen-bond donors (Lipinski definition) is 1. The second kappa shape index (κ2) is 11.3. The number of thiophene rings is 1. The maximum absolute atomic E-state index is 13.9. The number of rotatable bonds is 9. The molecule has 6 rings (SSSR count). The summed E-state index contributed by atoms with van der Waals surface area (Å²) in [6.07, 6.45) is 3.33. The molecule has 2 aromatic carbocycles. The van der Waals surface area contributed by atoms with E-state index < -0.39 is 6.41 Å². The first-order valence-electron chi connectivity index (χ1n) is 13.9. The van der Waals surface area contributed by atoms with Crippen LogP contribution in [-0.2, 0) is 17.7 Å². The summed E-state index contributed by atoms with van der Waals surface area (Å²) in [5.74, 6) is 1.15. The fourth-order valence-corrected chi connectivity index (χ4v) is 6.01. The summed E-state index contributed by atoms with van der Waals surface area (Å²) < 4.78 is 3.47. The number of oxime groups is 1. The normalized spacial score (nSPS) is 15.8. The Labute approximate surface area is 242 Å². The zero-order valence-electron chi connectivity index (χ0n) is 23.3. The van der Waals surface area contributed by atoms with Crippen LogP contribution >= 0.6 is 11.3 Å². The van der Waals surface area contributed by atoms with Crippen molar-refractivity contribution >= 4 is 23.0 Å². The molecule has 1 aliphatic heterocycles. The Kier molecular flexibility index (Phi) is 7.42. The highest BCUT2D eigenvalue weighted by atomic mass is 32.1. The monoisotopic (exact) mass is 568 g/mol. The van der Waals surface area contributed by atoms with Crippen molar-refractivity contribution in [2.45, 2.75) is 58.9 Å². The molecule has 210 valence electrons. The van der Waals surface area contributed by atoms with Crippen molar-refractivity contribution in [2.24, 2.45) is 5.16 Å². The topological polar surface area (TPSA) is 97.2 Å². The Morgan fingerprint density at radius 3 is 2.56 bits per heavy atom. The molecule has 9 nitrogen and oxygen atoms in total. The Balaban J connectivity index is 1.37. The molecule has 0 bridgehead atoms.